The predicted molar refractivity (Wildman–Crippen MR) is 92.9 cm³/mol. The minimum atomic E-state index is 0.196. The summed E-state index contributed by atoms with van der Waals surface area (Å²) in [6.45, 7) is 11.1. The molecule has 0 spiro atoms. The number of piperidine rings is 1. The van der Waals surface area contributed by atoms with Gasteiger partial charge in [0.05, 0.1) is 0 Å². The van der Waals surface area contributed by atoms with Crippen LogP contribution in [0.4, 0.5) is 5.95 Å². The lowest BCUT2D eigenvalue weighted by Gasteiger charge is -2.37. The number of likely N-dealkylation sites (tertiary alicyclic amines) is 1. The zero-order chi connectivity index (χ0) is 16.4. The second-order valence-electron chi connectivity index (χ2n) is 7.65. The molecule has 1 aromatic heterocycles. The van der Waals surface area contributed by atoms with Crippen molar-refractivity contribution >= 4 is 17.5 Å². The predicted octanol–water partition coefficient (Wildman–Crippen LogP) is 1.96. The lowest BCUT2D eigenvalue weighted by atomic mass is 10.0. The molecule has 1 atom stereocenters. The van der Waals surface area contributed by atoms with Crippen LogP contribution in [0.25, 0.3) is 0 Å². The number of halogens is 1. The Balaban J connectivity index is 1.50. The van der Waals surface area contributed by atoms with E-state index in [1.54, 1.807) is 0 Å². The molecule has 1 N–H and O–H groups in total. The van der Waals surface area contributed by atoms with Gasteiger partial charge in [0.1, 0.15) is 6.33 Å². The molecule has 23 heavy (non-hydrogen) atoms. The van der Waals surface area contributed by atoms with E-state index in [1.165, 1.54) is 25.8 Å². The highest BCUT2D eigenvalue weighted by Gasteiger charge is 2.32. The first-order valence-electron chi connectivity index (χ1n) is 8.52. The summed E-state index contributed by atoms with van der Waals surface area (Å²) in [4.78, 5) is 17.2. The number of hydrogen-bond donors (Lipinski definition) is 1. The van der Waals surface area contributed by atoms with Crippen molar-refractivity contribution in [2.24, 2.45) is 0 Å². The van der Waals surface area contributed by atoms with Crippen molar-refractivity contribution in [3.8, 4) is 0 Å². The van der Waals surface area contributed by atoms with E-state index in [0.29, 0.717) is 18.0 Å². The molecule has 3 rings (SSSR count). The van der Waals surface area contributed by atoms with Crippen LogP contribution in [-0.2, 0) is 0 Å². The maximum atomic E-state index is 5.86. The zero-order valence-corrected chi connectivity index (χ0v) is 15.1. The minimum Gasteiger partial charge on any atom is -0.341 e. The third kappa shape index (κ3) is 4.52. The van der Waals surface area contributed by atoms with Crippen LogP contribution in [-0.4, -0.2) is 63.7 Å². The molecule has 2 aliphatic heterocycles. The molecule has 0 saturated carbocycles. The van der Waals surface area contributed by atoms with Gasteiger partial charge in [0.25, 0.3) is 0 Å². The summed E-state index contributed by atoms with van der Waals surface area (Å²) in [6.07, 6.45) is 5.05. The summed E-state index contributed by atoms with van der Waals surface area (Å²) in [7, 11) is 0. The highest BCUT2D eigenvalue weighted by molar-refractivity contribution is 6.28. The van der Waals surface area contributed by atoms with Crippen LogP contribution in [0, 0.1) is 0 Å². The molecule has 6 nitrogen and oxygen atoms in total. The van der Waals surface area contributed by atoms with Crippen molar-refractivity contribution in [3.05, 3.63) is 11.6 Å². The fourth-order valence-electron chi connectivity index (χ4n) is 3.70. The summed E-state index contributed by atoms with van der Waals surface area (Å²) >= 11 is 5.86. The molecule has 128 valence electrons. The van der Waals surface area contributed by atoms with Crippen LogP contribution in [0.15, 0.2) is 6.33 Å². The Kier molecular flexibility index (Phi) is 5.04. The van der Waals surface area contributed by atoms with Gasteiger partial charge in [-0.05, 0) is 51.6 Å². The fraction of sp³-hybridized carbons (Fsp3) is 0.812. The van der Waals surface area contributed by atoms with Crippen molar-refractivity contribution in [2.75, 3.05) is 31.1 Å². The minimum absolute atomic E-state index is 0.196. The van der Waals surface area contributed by atoms with E-state index in [1.807, 2.05) is 0 Å². The van der Waals surface area contributed by atoms with E-state index in [0.717, 1.165) is 25.9 Å². The molecule has 0 aromatic carbocycles. The number of aromatic nitrogens is 3. The van der Waals surface area contributed by atoms with Crippen LogP contribution in [0.2, 0.25) is 5.28 Å². The molecular weight excluding hydrogens is 312 g/mol. The molecule has 0 aliphatic carbocycles. The van der Waals surface area contributed by atoms with Crippen LogP contribution in [0.5, 0.6) is 0 Å². The third-order valence-corrected chi connectivity index (χ3v) is 4.83. The molecular formula is C16H27ClN6. The normalized spacial score (nSPS) is 24.3. The lowest BCUT2D eigenvalue weighted by Crippen LogP contribution is -2.48. The molecule has 3 heterocycles. The summed E-state index contributed by atoms with van der Waals surface area (Å²) in [5, 5.41) is 4.01. The van der Waals surface area contributed by atoms with E-state index in [4.69, 9.17) is 11.6 Å². The van der Waals surface area contributed by atoms with Gasteiger partial charge in [-0.1, -0.05) is 0 Å². The van der Waals surface area contributed by atoms with Gasteiger partial charge in [-0.3, -0.25) is 4.90 Å². The smallest absolute Gasteiger partial charge is 0.229 e. The van der Waals surface area contributed by atoms with Crippen molar-refractivity contribution in [2.45, 2.75) is 57.7 Å². The Labute approximate surface area is 143 Å². The zero-order valence-electron chi connectivity index (χ0n) is 14.3. The Morgan fingerprint density at radius 3 is 2.52 bits per heavy atom. The second-order valence-corrected chi connectivity index (χ2v) is 7.99. The summed E-state index contributed by atoms with van der Waals surface area (Å²) in [6, 6.07) is 1.30. The highest BCUT2D eigenvalue weighted by atomic mass is 35.5. The van der Waals surface area contributed by atoms with Gasteiger partial charge in [0.2, 0.25) is 11.2 Å². The molecule has 0 amide bonds. The van der Waals surface area contributed by atoms with E-state index < -0.39 is 0 Å². The first kappa shape index (κ1) is 16.9. The first-order chi connectivity index (χ1) is 10.9. The molecule has 1 aromatic rings. The monoisotopic (exact) mass is 338 g/mol. The van der Waals surface area contributed by atoms with E-state index in [2.05, 4.69) is 50.8 Å². The first-order valence-corrected chi connectivity index (χ1v) is 8.90. The quantitative estimate of drug-likeness (QED) is 0.909. The van der Waals surface area contributed by atoms with E-state index in [9.17, 15) is 0 Å². The van der Waals surface area contributed by atoms with Crippen LogP contribution >= 0.6 is 11.6 Å². The Hall–Kier alpha value is -0.980. The summed E-state index contributed by atoms with van der Waals surface area (Å²) < 4.78 is 0. The van der Waals surface area contributed by atoms with E-state index >= 15 is 0 Å². The molecule has 2 saturated heterocycles. The van der Waals surface area contributed by atoms with Crippen LogP contribution < -0.4 is 10.2 Å². The van der Waals surface area contributed by atoms with Crippen LogP contribution in [0.3, 0.4) is 0 Å². The van der Waals surface area contributed by atoms with Crippen LogP contribution in [0.1, 0.15) is 40.0 Å². The van der Waals surface area contributed by atoms with Gasteiger partial charge in [0, 0.05) is 43.8 Å². The number of nitrogens with zero attached hydrogens (tertiary/aromatic N) is 5. The summed E-state index contributed by atoms with van der Waals surface area (Å²) in [5.74, 6) is 0.706. The van der Waals surface area contributed by atoms with Gasteiger partial charge < -0.3 is 10.2 Å². The average molecular weight is 339 g/mol. The number of hydrogen-bond acceptors (Lipinski definition) is 6. The Morgan fingerprint density at radius 2 is 1.87 bits per heavy atom. The van der Waals surface area contributed by atoms with Crippen molar-refractivity contribution in [1.29, 1.82) is 0 Å². The molecule has 1 unspecified atom stereocenters. The molecule has 0 radical (unpaired) electrons. The maximum Gasteiger partial charge on any atom is 0.229 e. The highest BCUT2D eigenvalue weighted by Crippen LogP contribution is 2.24. The van der Waals surface area contributed by atoms with Gasteiger partial charge in [0.15, 0.2) is 0 Å². The lowest BCUT2D eigenvalue weighted by molar-refractivity contribution is 0.199. The molecule has 2 aliphatic rings. The van der Waals surface area contributed by atoms with Gasteiger partial charge >= 0.3 is 0 Å². The molecule has 2 fully saturated rings. The van der Waals surface area contributed by atoms with Crippen molar-refractivity contribution < 1.29 is 0 Å². The van der Waals surface area contributed by atoms with Crippen molar-refractivity contribution in [3.63, 3.8) is 0 Å². The average Bonchev–Trinajstić information content (AvgIpc) is 2.94. The largest absolute Gasteiger partial charge is 0.341 e. The Bertz CT molecular complexity index is 524. The molecule has 0 bridgehead atoms. The van der Waals surface area contributed by atoms with Gasteiger partial charge in [-0.15, -0.1) is 0 Å². The third-order valence-electron chi connectivity index (χ3n) is 4.65. The number of anilines is 1. The van der Waals surface area contributed by atoms with Gasteiger partial charge in [-0.2, -0.15) is 4.98 Å². The summed E-state index contributed by atoms with van der Waals surface area (Å²) in [5.41, 5.74) is 0.196. The van der Waals surface area contributed by atoms with Crippen molar-refractivity contribution in [1.82, 2.24) is 25.2 Å². The second kappa shape index (κ2) is 6.87. The maximum absolute atomic E-state index is 5.86. The van der Waals surface area contributed by atoms with E-state index in [-0.39, 0.29) is 10.8 Å². The van der Waals surface area contributed by atoms with Gasteiger partial charge in [-0.25, -0.2) is 9.97 Å². The number of rotatable bonds is 3. The number of nitrogens with one attached hydrogen (secondary N) is 1. The fourth-order valence-corrected chi connectivity index (χ4v) is 3.82. The SMILES string of the molecule is CC(C)(C)NC1CCN(C2CCN(c3ncnc(Cl)n3)CC2)C1. The molecule has 7 heteroatoms. The Morgan fingerprint density at radius 1 is 1.13 bits per heavy atom. The topological polar surface area (TPSA) is 57.2 Å². The standard InChI is InChI=1S/C16H27ClN6/c1-16(2,3)21-12-4-7-23(10-12)13-5-8-22(9-6-13)15-19-11-18-14(17)20-15/h11-13,21H,4-10H2,1-3H3.